The first-order valence-corrected chi connectivity index (χ1v) is 9.65. The van der Waals surface area contributed by atoms with E-state index in [1.54, 1.807) is 19.2 Å². The maximum absolute atomic E-state index is 12.5. The summed E-state index contributed by atoms with van der Waals surface area (Å²) in [5.74, 6) is 1.69. The summed E-state index contributed by atoms with van der Waals surface area (Å²) < 4.78 is 27.1. The van der Waals surface area contributed by atoms with Crippen LogP contribution in [0, 0.1) is 0 Å². The number of fused-ring (bicyclic) bond motifs is 4. The van der Waals surface area contributed by atoms with Gasteiger partial charge in [0.05, 0.1) is 14.2 Å². The van der Waals surface area contributed by atoms with Crippen LogP contribution in [0.1, 0.15) is 15.9 Å². The Morgan fingerprint density at radius 1 is 1.10 bits per heavy atom. The molecular weight excluding hydrogens is 402 g/mol. The summed E-state index contributed by atoms with van der Waals surface area (Å²) in [6.07, 6.45) is 0. The number of benzene rings is 3. The maximum Gasteiger partial charge on any atom is 0.343 e. The number of esters is 1. The smallest absolute Gasteiger partial charge is 0.343 e. The average Bonchev–Trinajstić information content (AvgIpc) is 3.42. The zero-order chi connectivity index (χ0) is 21.5. The van der Waals surface area contributed by atoms with Crippen LogP contribution in [-0.2, 0) is 16.1 Å². The second-order valence-electron chi connectivity index (χ2n) is 7.08. The summed E-state index contributed by atoms with van der Waals surface area (Å²) in [6.45, 7) is 0.326. The van der Waals surface area contributed by atoms with Crippen LogP contribution in [0.4, 0.5) is 0 Å². The molecule has 0 fully saturated rings. The summed E-state index contributed by atoms with van der Waals surface area (Å²) in [6, 6.07) is 10.9. The molecule has 0 bridgehead atoms. The molecule has 0 aromatic heterocycles. The molecule has 8 nitrogen and oxygen atoms in total. The Morgan fingerprint density at radius 3 is 2.77 bits per heavy atom. The molecule has 0 saturated carbocycles. The predicted molar refractivity (Wildman–Crippen MR) is 111 cm³/mol. The summed E-state index contributed by atoms with van der Waals surface area (Å²) in [5.41, 5.74) is 3.09. The molecule has 0 spiro atoms. The Balaban J connectivity index is 1.72. The van der Waals surface area contributed by atoms with Crippen LogP contribution in [0.5, 0.6) is 23.0 Å². The molecule has 0 unspecified atom stereocenters. The molecule has 0 aliphatic carbocycles. The quantitative estimate of drug-likeness (QED) is 0.633. The van der Waals surface area contributed by atoms with E-state index >= 15 is 0 Å². The highest BCUT2D eigenvalue weighted by Crippen LogP contribution is 2.49. The fourth-order valence-corrected chi connectivity index (χ4v) is 4.01. The molecule has 158 valence electrons. The summed E-state index contributed by atoms with van der Waals surface area (Å²) in [5, 5.41) is 4.62. The van der Waals surface area contributed by atoms with Crippen molar-refractivity contribution in [1.82, 2.24) is 5.32 Å². The monoisotopic (exact) mass is 421 g/mol. The van der Waals surface area contributed by atoms with Gasteiger partial charge in [-0.25, -0.2) is 4.79 Å². The fourth-order valence-electron chi connectivity index (χ4n) is 4.01. The zero-order valence-electron chi connectivity index (χ0n) is 16.9. The third-order valence-corrected chi connectivity index (χ3v) is 5.45. The summed E-state index contributed by atoms with van der Waals surface area (Å²) >= 11 is 0. The Bertz CT molecular complexity index is 1230. The van der Waals surface area contributed by atoms with Gasteiger partial charge in [-0.3, -0.25) is 4.79 Å². The second-order valence-corrected chi connectivity index (χ2v) is 7.08. The molecule has 0 radical (unpaired) electrons. The topological polar surface area (TPSA) is 92.3 Å². The minimum Gasteiger partial charge on any atom is -0.496 e. The molecule has 2 aliphatic rings. The van der Waals surface area contributed by atoms with Crippen molar-refractivity contribution in [3.8, 4) is 34.1 Å². The van der Waals surface area contributed by atoms with Crippen LogP contribution in [0.2, 0.25) is 0 Å². The third kappa shape index (κ3) is 3.07. The molecule has 31 heavy (non-hydrogen) atoms. The Hall–Kier alpha value is -3.94. The molecule has 1 N–H and O–H groups in total. The van der Waals surface area contributed by atoms with Gasteiger partial charge in [-0.2, -0.15) is 0 Å². The second kappa shape index (κ2) is 7.39. The van der Waals surface area contributed by atoms with Crippen molar-refractivity contribution in [2.75, 3.05) is 27.6 Å². The number of ether oxygens (including phenoxy) is 5. The zero-order valence-corrected chi connectivity index (χ0v) is 16.9. The van der Waals surface area contributed by atoms with Crippen molar-refractivity contribution in [1.29, 1.82) is 0 Å². The van der Waals surface area contributed by atoms with E-state index in [0.717, 1.165) is 27.5 Å². The standard InChI is InChI=1S/C23H19NO7/c1-27-18-8-13(29-10-19(25)28-2)4-5-14(18)21-16-9-24-23(26)15(16)7-12-3-6-17-22(20(12)21)31-11-30-17/h3-8H,9-11H2,1-2H3,(H,24,26). The van der Waals surface area contributed by atoms with E-state index in [-0.39, 0.29) is 19.3 Å². The van der Waals surface area contributed by atoms with Crippen LogP contribution in [0.3, 0.4) is 0 Å². The van der Waals surface area contributed by atoms with Crippen molar-refractivity contribution >= 4 is 22.6 Å². The van der Waals surface area contributed by atoms with Gasteiger partial charge < -0.3 is 29.0 Å². The lowest BCUT2D eigenvalue weighted by molar-refractivity contribution is -0.142. The number of carbonyl (C=O) groups excluding carboxylic acids is 2. The molecule has 3 aromatic rings. The van der Waals surface area contributed by atoms with Crippen molar-refractivity contribution in [3.63, 3.8) is 0 Å². The average molecular weight is 421 g/mol. The number of hydrogen-bond donors (Lipinski definition) is 1. The highest BCUT2D eigenvalue weighted by Gasteiger charge is 2.30. The van der Waals surface area contributed by atoms with Gasteiger partial charge >= 0.3 is 5.97 Å². The van der Waals surface area contributed by atoms with Gasteiger partial charge in [0, 0.05) is 34.7 Å². The molecule has 5 rings (SSSR count). The third-order valence-electron chi connectivity index (χ3n) is 5.45. The molecule has 0 atom stereocenters. The number of rotatable bonds is 5. The van der Waals surface area contributed by atoms with Gasteiger partial charge in [0.15, 0.2) is 18.1 Å². The minimum atomic E-state index is -0.479. The Kier molecular flexibility index (Phi) is 4.54. The first-order valence-electron chi connectivity index (χ1n) is 9.65. The van der Waals surface area contributed by atoms with E-state index in [1.807, 2.05) is 24.3 Å². The van der Waals surface area contributed by atoms with E-state index in [0.29, 0.717) is 35.1 Å². The van der Waals surface area contributed by atoms with Crippen LogP contribution >= 0.6 is 0 Å². The van der Waals surface area contributed by atoms with Gasteiger partial charge in [-0.1, -0.05) is 6.07 Å². The fraction of sp³-hybridized carbons (Fsp3) is 0.217. The van der Waals surface area contributed by atoms with Gasteiger partial charge in [0.2, 0.25) is 6.79 Å². The number of hydrogen-bond acceptors (Lipinski definition) is 7. The van der Waals surface area contributed by atoms with E-state index in [2.05, 4.69) is 10.1 Å². The van der Waals surface area contributed by atoms with E-state index in [4.69, 9.17) is 18.9 Å². The molecule has 2 aliphatic heterocycles. The Morgan fingerprint density at radius 2 is 1.97 bits per heavy atom. The predicted octanol–water partition coefficient (Wildman–Crippen LogP) is 3.04. The van der Waals surface area contributed by atoms with Crippen molar-refractivity contribution in [2.45, 2.75) is 6.54 Å². The Labute approximate surface area is 177 Å². The number of amides is 1. The van der Waals surface area contributed by atoms with Gasteiger partial charge in [-0.05, 0) is 35.2 Å². The number of carbonyl (C=O) groups is 2. The molecular formula is C23H19NO7. The highest BCUT2D eigenvalue weighted by molar-refractivity contribution is 6.12. The lowest BCUT2D eigenvalue weighted by Crippen LogP contribution is -2.12. The molecule has 3 aromatic carbocycles. The molecule has 0 saturated heterocycles. The van der Waals surface area contributed by atoms with E-state index in [1.165, 1.54) is 7.11 Å². The molecule has 2 heterocycles. The SMILES string of the molecule is COC(=O)COc1ccc(-c2c3c(cc4ccc5c(c24)OCO5)C(=O)NC3)c(OC)c1. The van der Waals surface area contributed by atoms with Crippen molar-refractivity contribution < 1.29 is 33.3 Å². The normalized spacial score (nSPS) is 13.7. The molecule has 8 heteroatoms. The van der Waals surface area contributed by atoms with Gasteiger partial charge in [-0.15, -0.1) is 0 Å². The first kappa shape index (κ1) is 19.0. The first-order chi connectivity index (χ1) is 15.1. The van der Waals surface area contributed by atoms with Gasteiger partial charge in [0.25, 0.3) is 5.91 Å². The van der Waals surface area contributed by atoms with Crippen LogP contribution in [0.25, 0.3) is 21.9 Å². The number of nitrogens with one attached hydrogen (secondary N) is 1. The highest BCUT2D eigenvalue weighted by atomic mass is 16.7. The lowest BCUT2D eigenvalue weighted by Gasteiger charge is -2.17. The maximum atomic E-state index is 12.5. The lowest BCUT2D eigenvalue weighted by atomic mass is 9.89. The summed E-state index contributed by atoms with van der Waals surface area (Å²) in [7, 11) is 2.86. The van der Waals surface area contributed by atoms with Crippen LogP contribution in [0.15, 0.2) is 36.4 Å². The minimum absolute atomic E-state index is 0.118. The summed E-state index contributed by atoms with van der Waals surface area (Å²) in [4.78, 5) is 23.8. The van der Waals surface area contributed by atoms with E-state index in [9.17, 15) is 9.59 Å². The number of methoxy groups -OCH3 is 2. The van der Waals surface area contributed by atoms with Crippen molar-refractivity contribution in [2.24, 2.45) is 0 Å². The molecule has 1 amide bonds. The van der Waals surface area contributed by atoms with Crippen molar-refractivity contribution in [3.05, 3.63) is 47.5 Å². The van der Waals surface area contributed by atoms with Crippen LogP contribution in [-0.4, -0.2) is 39.5 Å². The largest absolute Gasteiger partial charge is 0.496 e. The van der Waals surface area contributed by atoms with Gasteiger partial charge in [0.1, 0.15) is 11.5 Å². The van der Waals surface area contributed by atoms with E-state index < -0.39 is 5.97 Å². The van der Waals surface area contributed by atoms with Crippen LogP contribution < -0.4 is 24.3 Å².